The molecule has 0 spiro atoms. The van der Waals surface area contributed by atoms with Crippen LogP contribution < -0.4 is 5.32 Å². The zero-order valence-corrected chi connectivity index (χ0v) is 12.4. The Morgan fingerprint density at radius 1 is 1.30 bits per heavy atom. The van der Waals surface area contributed by atoms with E-state index in [0.29, 0.717) is 16.1 Å². The molecular weight excluding hydrogens is 297 g/mol. The number of amides is 1. The number of halogens is 2. The van der Waals surface area contributed by atoms with E-state index < -0.39 is 0 Å². The maximum absolute atomic E-state index is 13.0. The molecule has 2 aromatic carbocycles. The molecule has 1 amide bonds. The van der Waals surface area contributed by atoms with Crippen LogP contribution in [0.25, 0.3) is 0 Å². The zero-order chi connectivity index (χ0) is 14.5. The van der Waals surface area contributed by atoms with Crippen molar-refractivity contribution in [1.29, 1.82) is 0 Å². The minimum Gasteiger partial charge on any atom is -0.348 e. The van der Waals surface area contributed by atoms with Gasteiger partial charge in [0.05, 0.1) is 10.6 Å². The average Bonchev–Trinajstić information content (AvgIpc) is 2.45. The monoisotopic (exact) mass is 309 g/mol. The lowest BCUT2D eigenvalue weighted by Gasteiger charge is -2.08. The highest BCUT2D eigenvalue weighted by Gasteiger charge is 2.11. The van der Waals surface area contributed by atoms with Gasteiger partial charge in [0.2, 0.25) is 0 Å². The van der Waals surface area contributed by atoms with Gasteiger partial charge in [0, 0.05) is 11.4 Å². The molecule has 5 heteroatoms. The normalized spacial score (nSPS) is 10.3. The third kappa shape index (κ3) is 3.74. The van der Waals surface area contributed by atoms with Gasteiger partial charge in [-0.25, -0.2) is 4.39 Å². The second-order valence-electron chi connectivity index (χ2n) is 4.16. The van der Waals surface area contributed by atoms with Gasteiger partial charge in [0.25, 0.3) is 5.91 Å². The molecule has 0 bridgehead atoms. The average molecular weight is 310 g/mol. The quantitative estimate of drug-likeness (QED) is 0.860. The molecule has 0 heterocycles. The largest absolute Gasteiger partial charge is 0.348 e. The predicted molar refractivity (Wildman–Crippen MR) is 80.8 cm³/mol. The topological polar surface area (TPSA) is 29.1 Å². The van der Waals surface area contributed by atoms with Crippen molar-refractivity contribution in [3.63, 3.8) is 0 Å². The number of thioether (sulfide) groups is 1. The predicted octanol–water partition coefficient (Wildman–Crippen LogP) is 4.13. The molecule has 104 valence electrons. The van der Waals surface area contributed by atoms with Crippen LogP contribution in [-0.4, -0.2) is 12.2 Å². The van der Waals surface area contributed by atoms with Gasteiger partial charge in [-0.3, -0.25) is 4.79 Å². The van der Waals surface area contributed by atoms with Crippen LogP contribution >= 0.6 is 23.4 Å². The highest BCUT2D eigenvalue weighted by Crippen LogP contribution is 2.23. The van der Waals surface area contributed by atoms with E-state index in [2.05, 4.69) is 5.32 Å². The fourth-order valence-corrected chi connectivity index (χ4v) is 2.37. The van der Waals surface area contributed by atoms with Crippen LogP contribution in [0.2, 0.25) is 5.02 Å². The lowest BCUT2D eigenvalue weighted by Crippen LogP contribution is -2.23. The fourth-order valence-electron chi connectivity index (χ4n) is 1.73. The van der Waals surface area contributed by atoms with Gasteiger partial charge in [-0.1, -0.05) is 23.7 Å². The third-order valence-corrected chi connectivity index (χ3v) is 3.82. The Kier molecular flexibility index (Phi) is 5.04. The van der Waals surface area contributed by atoms with Crippen LogP contribution in [0.4, 0.5) is 4.39 Å². The van der Waals surface area contributed by atoms with Crippen LogP contribution in [0, 0.1) is 5.82 Å². The molecule has 0 aromatic heterocycles. The lowest BCUT2D eigenvalue weighted by atomic mass is 10.2. The van der Waals surface area contributed by atoms with Crippen LogP contribution in [-0.2, 0) is 6.54 Å². The number of hydrogen-bond donors (Lipinski definition) is 1. The summed E-state index contributed by atoms with van der Waals surface area (Å²) in [6.07, 6.45) is 1.93. The molecule has 2 nitrogen and oxygen atoms in total. The van der Waals surface area contributed by atoms with Gasteiger partial charge in [-0.2, -0.15) is 0 Å². The molecule has 0 radical (unpaired) electrons. The van der Waals surface area contributed by atoms with Crippen molar-refractivity contribution in [2.24, 2.45) is 0 Å². The van der Waals surface area contributed by atoms with Crippen LogP contribution in [0.3, 0.4) is 0 Å². The van der Waals surface area contributed by atoms with Crippen LogP contribution in [0.1, 0.15) is 15.9 Å². The summed E-state index contributed by atoms with van der Waals surface area (Å²) in [5, 5.41) is 3.14. The SMILES string of the molecule is CSc1ccc(Cl)c(C(=O)NCc2cccc(F)c2)c1. The Morgan fingerprint density at radius 3 is 2.80 bits per heavy atom. The standard InChI is InChI=1S/C15H13ClFNOS/c1-20-12-5-6-14(16)13(8-12)15(19)18-9-10-3-2-4-11(17)7-10/h2-8H,9H2,1H3,(H,18,19). The van der Waals surface area contributed by atoms with Gasteiger partial charge in [0.15, 0.2) is 0 Å². The van der Waals surface area contributed by atoms with Crippen LogP contribution in [0.15, 0.2) is 47.4 Å². The molecule has 2 rings (SSSR count). The summed E-state index contributed by atoms with van der Waals surface area (Å²) < 4.78 is 13.0. The molecule has 0 aliphatic rings. The summed E-state index contributed by atoms with van der Waals surface area (Å²) in [6.45, 7) is 0.260. The summed E-state index contributed by atoms with van der Waals surface area (Å²) in [4.78, 5) is 13.1. The van der Waals surface area contributed by atoms with E-state index in [-0.39, 0.29) is 18.3 Å². The fraction of sp³-hybridized carbons (Fsp3) is 0.133. The zero-order valence-electron chi connectivity index (χ0n) is 10.8. The van der Waals surface area contributed by atoms with Crippen molar-refractivity contribution in [2.45, 2.75) is 11.4 Å². The van der Waals surface area contributed by atoms with Crippen LogP contribution in [0.5, 0.6) is 0 Å². The Labute approximate surface area is 126 Å². The number of hydrogen-bond acceptors (Lipinski definition) is 2. The first kappa shape index (κ1) is 14.9. The van der Waals surface area contributed by atoms with Crippen molar-refractivity contribution in [1.82, 2.24) is 5.32 Å². The van der Waals surface area contributed by atoms with Gasteiger partial charge >= 0.3 is 0 Å². The molecule has 2 aromatic rings. The highest BCUT2D eigenvalue weighted by atomic mass is 35.5. The van der Waals surface area contributed by atoms with Crippen molar-refractivity contribution in [3.05, 3.63) is 64.4 Å². The molecule has 0 saturated heterocycles. The number of carbonyl (C=O) groups excluding carboxylic acids is 1. The first-order valence-corrected chi connectivity index (χ1v) is 7.56. The summed E-state index contributed by atoms with van der Waals surface area (Å²) in [5.41, 5.74) is 1.13. The Bertz CT molecular complexity index is 633. The van der Waals surface area contributed by atoms with Gasteiger partial charge in [0.1, 0.15) is 5.82 Å². The van der Waals surface area contributed by atoms with E-state index in [9.17, 15) is 9.18 Å². The molecule has 20 heavy (non-hydrogen) atoms. The second kappa shape index (κ2) is 6.77. The minimum atomic E-state index is -0.320. The maximum atomic E-state index is 13.0. The first-order chi connectivity index (χ1) is 9.60. The van der Waals surface area contributed by atoms with Gasteiger partial charge < -0.3 is 5.32 Å². The van der Waals surface area contributed by atoms with Crippen molar-refractivity contribution < 1.29 is 9.18 Å². The number of rotatable bonds is 4. The Morgan fingerprint density at radius 2 is 2.10 bits per heavy atom. The summed E-state index contributed by atoms with van der Waals surface area (Å²) in [5.74, 6) is -0.589. The molecule has 0 aliphatic heterocycles. The summed E-state index contributed by atoms with van der Waals surface area (Å²) in [7, 11) is 0. The molecule has 0 unspecified atom stereocenters. The maximum Gasteiger partial charge on any atom is 0.253 e. The smallest absolute Gasteiger partial charge is 0.253 e. The first-order valence-electron chi connectivity index (χ1n) is 5.96. The summed E-state index contributed by atoms with van der Waals surface area (Å²) >= 11 is 7.56. The number of carbonyl (C=O) groups is 1. The van der Waals surface area contributed by atoms with Crippen molar-refractivity contribution >= 4 is 29.3 Å². The molecule has 0 atom stereocenters. The van der Waals surface area contributed by atoms with E-state index in [0.717, 1.165) is 4.90 Å². The highest BCUT2D eigenvalue weighted by molar-refractivity contribution is 7.98. The van der Waals surface area contributed by atoms with Gasteiger partial charge in [-0.15, -0.1) is 11.8 Å². The van der Waals surface area contributed by atoms with E-state index in [1.165, 1.54) is 23.9 Å². The minimum absolute atomic E-state index is 0.260. The molecular formula is C15H13ClFNOS. The second-order valence-corrected chi connectivity index (χ2v) is 5.45. The Hall–Kier alpha value is -1.52. The van der Waals surface area contributed by atoms with Crippen molar-refractivity contribution in [3.8, 4) is 0 Å². The van der Waals surface area contributed by atoms with E-state index in [1.807, 2.05) is 12.3 Å². The molecule has 0 saturated carbocycles. The van der Waals surface area contributed by atoms with Crippen molar-refractivity contribution in [2.75, 3.05) is 6.26 Å². The molecule has 0 aliphatic carbocycles. The number of nitrogens with one attached hydrogen (secondary N) is 1. The molecule has 1 N–H and O–H groups in total. The Balaban J connectivity index is 2.08. The molecule has 0 fully saturated rings. The lowest BCUT2D eigenvalue weighted by molar-refractivity contribution is 0.0951. The van der Waals surface area contributed by atoms with Gasteiger partial charge in [-0.05, 0) is 42.2 Å². The van der Waals surface area contributed by atoms with E-state index in [1.54, 1.807) is 24.3 Å². The number of benzene rings is 2. The van der Waals surface area contributed by atoms with E-state index >= 15 is 0 Å². The van der Waals surface area contributed by atoms with E-state index in [4.69, 9.17) is 11.6 Å². The third-order valence-electron chi connectivity index (χ3n) is 2.76. The summed E-state index contributed by atoms with van der Waals surface area (Å²) in [6, 6.07) is 11.4.